The minimum atomic E-state index is -1.16. The van der Waals surface area contributed by atoms with Crippen LogP contribution in [0.5, 0.6) is 11.5 Å². The molecule has 0 bridgehead atoms. The smallest absolute Gasteiger partial charge is 0.408 e. The number of aryl methyl sites for hydroxylation is 2. The minimum Gasteiger partial charge on any atom is -0.508 e. The maximum Gasteiger partial charge on any atom is 0.408 e. The molecule has 0 aliphatic carbocycles. The van der Waals surface area contributed by atoms with Gasteiger partial charge in [0.05, 0.1) is 13.7 Å². The zero-order chi connectivity index (χ0) is 31.7. The van der Waals surface area contributed by atoms with E-state index in [0.717, 1.165) is 11.1 Å². The number of aromatic hydroxyl groups is 1. The van der Waals surface area contributed by atoms with Crippen molar-refractivity contribution >= 4 is 23.6 Å². The number of hydrogen-bond donors (Lipinski definition) is 4. The number of ether oxygens (including phenoxy) is 2. The van der Waals surface area contributed by atoms with Gasteiger partial charge in [-0.1, -0.05) is 35.9 Å². The second-order valence-corrected chi connectivity index (χ2v) is 11.3. The Morgan fingerprint density at radius 1 is 0.953 bits per heavy atom. The van der Waals surface area contributed by atoms with Gasteiger partial charge in [-0.15, -0.1) is 0 Å². The first kappa shape index (κ1) is 32.9. The molecular formula is C33H41N3O7. The van der Waals surface area contributed by atoms with Gasteiger partial charge in [-0.25, -0.2) is 4.79 Å². The molecular weight excluding hydrogens is 550 g/mol. The van der Waals surface area contributed by atoms with Crippen LogP contribution in [0.15, 0.2) is 66.7 Å². The van der Waals surface area contributed by atoms with Gasteiger partial charge in [0, 0.05) is 18.7 Å². The van der Waals surface area contributed by atoms with Gasteiger partial charge in [0.15, 0.2) is 0 Å². The van der Waals surface area contributed by atoms with Crippen LogP contribution in [0.25, 0.3) is 0 Å². The van der Waals surface area contributed by atoms with Crippen molar-refractivity contribution in [1.82, 2.24) is 10.2 Å². The molecule has 3 aromatic carbocycles. The summed E-state index contributed by atoms with van der Waals surface area (Å²) in [5, 5.41) is 25.4. The second kappa shape index (κ2) is 14.6. The highest BCUT2D eigenvalue weighted by Gasteiger charge is 2.37. The molecule has 0 aliphatic rings. The summed E-state index contributed by atoms with van der Waals surface area (Å²) >= 11 is 0. The molecule has 2 atom stereocenters. The number of hydrogen-bond acceptors (Lipinski definition) is 7. The summed E-state index contributed by atoms with van der Waals surface area (Å²) in [5.41, 5.74) is 2.55. The average molecular weight is 592 g/mol. The van der Waals surface area contributed by atoms with Crippen molar-refractivity contribution in [2.75, 3.05) is 25.6 Å². The van der Waals surface area contributed by atoms with Crippen molar-refractivity contribution in [3.8, 4) is 11.5 Å². The fourth-order valence-corrected chi connectivity index (χ4v) is 4.58. The number of carbonyl (C=O) groups is 3. The molecule has 3 rings (SSSR count). The Hall–Kier alpha value is -4.57. The molecule has 2 unspecified atom stereocenters. The summed E-state index contributed by atoms with van der Waals surface area (Å²) in [7, 11) is 1.54. The third kappa shape index (κ3) is 9.47. The number of methoxy groups -OCH3 is 1. The molecule has 0 aliphatic heterocycles. The maximum absolute atomic E-state index is 14.4. The Labute approximate surface area is 252 Å². The molecule has 0 aromatic heterocycles. The molecule has 0 fully saturated rings. The summed E-state index contributed by atoms with van der Waals surface area (Å²) in [6, 6.07) is 16.3. The fourth-order valence-electron chi connectivity index (χ4n) is 4.58. The highest BCUT2D eigenvalue weighted by molar-refractivity contribution is 5.99. The number of phenolic OH excluding ortho intramolecular Hbond substituents is 1. The van der Waals surface area contributed by atoms with Crippen LogP contribution in [0.1, 0.15) is 49.1 Å². The Kier molecular flexibility index (Phi) is 11.1. The number of nitrogens with one attached hydrogen (secondary N) is 2. The monoisotopic (exact) mass is 591 g/mol. The van der Waals surface area contributed by atoms with E-state index in [4.69, 9.17) is 9.47 Å². The van der Waals surface area contributed by atoms with E-state index < -0.39 is 42.2 Å². The summed E-state index contributed by atoms with van der Waals surface area (Å²) in [6.45, 7) is 8.24. The molecule has 10 heteroatoms. The van der Waals surface area contributed by atoms with E-state index in [9.17, 15) is 24.6 Å². The standard InChI is InChI=1S/C33H41N3O7/c1-21-7-8-22(2)27(19-21)29(30(39)34-24-11-15-26(42-6)16-12-24)36(17-18-37)31(40)28(35-32(41)43-33(3,4)5)20-23-9-13-25(38)14-10-23/h7-16,19,28-29,37-38H,17-18,20H2,1-6H3,(H,34,39)(H,35,41). The van der Waals surface area contributed by atoms with E-state index >= 15 is 0 Å². The highest BCUT2D eigenvalue weighted by atomic mass is 16.6. The average Bonchev–Trinajstić information content (AvgIpc) is 2.94. The lowest BCUT2D eigenvalue weighted by atomic mass is 9.95. The van der Waals surface area contributed by atoms with E-state index in [1.54, 1.807) is 64.3 Å². The Balaban J connectivity index is 2.07. The lowest BCUT2D eigenvalue weighted by Crippen LogP contribution is -2.54. The zero-order valence-electron chi connectivity index (χ0n) is 25.5. The van der Waals surface area contributed by atoms with Gasteiger partial charge in [0.2, 0.25) is 5.91 Å². The normalized spacial score (nSPS) is 12.5. The molecule has 230 valence electrons. The number of amides is 3. The van der Waals surface area contributed by atoms with Gasteiger partial charge in [-0.05, 0) is 87.7 Å². The number of phenols is 1. The summed E-state index contributed by atoms with van der Waals surface area (Å²) in [6.07, 6.45) is -0.764. The number of benzene rings is 3. The van der Waals surface area contributed by atoms with Gasteiger partial charge in [0.1, 0.15) is 29.2 Å². The van der Waals surface area contributed by atoms with E-state index in [-0.39, 0.29) is 18.7 Å². The SMILES string of the molecule is COc1ccc(NC(=O)C(c2cc(C)ccc2C)N(CCO)C(=O)C(Cc2ccc(O)cc2)NC(=O)OC(C)(C)C)cc1. The minimum absolute atomic E-state index is 0.0416. The third-order valence-electron chi connectivity index (χ3n) is 6.64. The first-order valence-corrected chi connectivity index (χ1v) is 14.0. The van der Waals surface area contributed by atoms with Gasteiger partial charge >= 0.3 is 6.09 Å². The Bertz CT molecular complexity index is 1400. The predicted octanol–water partition coefficient (Wildman–Crippen LogP) is 4.65. The lowest BCUT2D eigenvalue weighted by molar-refractivity contribution is -0.141. The fraction of sp³-hybridized carbons (Fsp3) is 0.364. The number of aliphatic hydroxyl groups is 1. The van der Waals surface area contributed by atoms with Crippen molar-refractivity contribution < 1.29 is 34.1 Å². The Morgan fingerprint density at radius 3 is 2.19 bits per heavy atom. The van der Waals surface area contributed by atoms with Crippen molar-refractivity contribution in [1.29, 1.82) is 0 Å². The van der Waals surface area contributed by atoms with Crippen molar-refractivity contribution in [3.05, 3.63) is 89.0 Å². The maximum atomic E-state index is 14.4. The molecule has 43 heavy (non-hydrogen) atoms. The summed E-state index contributed by atoms with van der Waals surface area (Å²) in [4.78, 5) is 42.5. The molecule has 0 heterocycles. The van der Waals surface area contributed by atoms with Crippen LogP contribution in [-0.4, -0.2) is 64.9 Å². The number of aliphatic hydroxyl groups excluding tert-OH is 1. The number of anilines is 1. The summed E-state index contributed by atoms with van der Waals surface area (Å²) < 4.78 is 10.7. The zero-order valence-corrected chi connectivity index (χ0v) is 25.5. The molecule has 0 spiro atoms. The van der Waals surface area contributed by atoms with Crippen LogP contribution in [0.3, 0.4) is 0 Å². The van der Waals surface area contributed by atoms with E-state index in [0.29, 0.717) is 22.6 Å². The van der Waals surface area contributed by atoms with E-state index in [2.05, 4.69) is 10.6 Å². The number of alkyl carbamates (subject to hydrolysis) is 1. The molecule has 0 saturated heterocycles. The third-order valence-corrected chi connectivity index (χ3v) is 6.64. The van der Waals surface area contributed by atoms with E-state index in [1.807, 2.05) is 32.0 Å². The highest BCUT2D eigenvalue weighted by Crippen LogP contribution is 2.29. The van der Waals surface area contributed by atoms with Crippen LogP contribution in [0.2, 0.25) is 0 Å². The summed E-state index contributed by atoms with van der Waals surface area (Å²) in [5.74, 6) is -0.421. The predicted molar refractivity (Wildman–Crippen MR) is 164 cm³/mol. The van der Waals surface area contributed by atoms with Crippen LogP contribution in [-0.2, 0) is 20.7 Å². The molecule has 3 amide bonds. The number of rotatable bonds is 11. The van der Waals surface area contributed by atoms with Gasteiger partial charge in [-0.3, -0.25) is 9.59 Å². The molecule has 10 nitrogen and oxygen atoms in total. The lowest BCUT2D eigenvalue weighted by Gasteiger charge is -2.35. The van der Waals surface area contributed by atoms with E-state index in [1.165, 1.54) is 17.0 Å². The van der Waals surface area contributed by atoms with Gasteiger partial charge < -0.3 is 35.2 Å². The molecule has 3 aromatic rings. The van der Waals surface area contributed by atoms with Crippen molar-refractivity contribution in [3.63, 3.8) is 0 Å². The van der Waals surface area contributed by atoms with Crippen LogP contribution >= 0.6 is 0 Å². The van der Waals surface area contributed by atoms with Crippen LogP contribution < -0.4 is 15.4 Å². The van der Waals surface area contributed by atoms with Crippen LogP contribution in [0.4, 0.5) is 10.5 Å². The first-order chi connectivity index (χ1) is 20.3. The molecule has 4 N–H and O–H groups in total. The first-order valence-electron chi connectivity index (χ1n) is 14.0. The molecule has 0 saturated carbocycles. The number of nitrogens with zero attached hydrogens (tertiary/aromatic N) is 1. The second-order valence-electron chi connectivity index (χ2n) is 11.3. The van der Waals surface area contributed by atoms with Gasteiger partial charge in [-0.2, -0.15) is 0 Å². The largest absolute Gasteiger partial charge is 0.508 e. The Morgan fingerprint density at radius 2 is 1.60 bits per heavy atom. The van der Waals surface area contributed by atoms with Crippen molar-refractivity contribution in [2.24, 2.45) is 0 Å². The van der Waals surface area contributed by atoms with Gasteiger partial charge in [0.25, 0.3) is 5.91 Å². The molecule has 0 radical (unpaired) electrons. The quantitative estimate of drug-likeness (QED) is 0.255. The van der Waals surface area contributed by atoms with Crippen molar-refractivity contribution in [2.45, 2.75) is 58.7 Å². The van der Waals surface area contributed by atoms with Crippen LogP contribution in [0, 0.1) is 13.8 Å². The number of carbonyl (C=O) groups excluding carboxylic acids is 3. The topological polar surface area (TPSA) is 137 Å².